The summed E-state index contributed by atoms with van der Waals surface area (Å²) in [6.45, 7) is 2.70. The van der Waals surface area contributed by atoms with Crippen molar-refractivity contribution >= 4 is 34.1 Å². The highest BCUT2D eigenvalue weighted by atomic mass is 32.2. The standard InChI is InChI=1S/C23H21N7O4S/c1-2-3-6-13-28-21(31)17-7-4-5-8-18(17)29-22(28)25-26-23(29)35-14-19-24-20(27-34-19)15-9-11-16(12-10-15)30(32)33/h4-5,7-12H,2-3,6,13-14H2,1H3. The highest BCUT2D eigenvalue weighted by molar-refractivity contribution is 7.98. The molecule has 5 aromatic rings. The van der Waals surface area contributed by atoms with E-state index in [4.69, 9.17) is 4.52 Å². The zero-order valence-corrected chi connectivity index (χ0v) is 19.6. The maximum absolute atomic E-state index is 13.1. The van der Waals surface area contributed by atoms with Crippen LogP contribution in [0.25, 0.3) is 28.1 Å². The third-order valence-corrected chi connectivity index (χ3v) is 6.51. The molecule has 0 N–H and O–H groups in total. The number of aromatic nitrogens is 6. The first-order valence-electron chi connectivity index (χ1n) is 11.1. The number of thioether (sulfide) groups is 1. The molecule has 0 fully saturated rings. The van der Waals surface area contributed by atoms with Crippen LogP contribution in [-0.4, -0.2) is 34.2 Å². The first-order valence-corrected chi connectivity index (χ1v) is 12.1. The fourth-order valence-corrected chi connectivity index (χ4v) is 4.62. The highest BCUT2D eigenvalue weighted by Gasteiger charge is 2.18. The van der Waals surface area contributed by atoms with Gasteiger partial charge in [0.25, 0.3) is 11.2 Å². The average Bonchev–Trinajstić information content (AvgIpc) is 3.52. The quantitative estimate of drug-likeness (QED) is 0.126. The lowest BCUT2D eigenvalue weighted by Crippen LogP contribution is -2.23. The van der Waals surface area contributed by atoms with Gasteiger partial charge in [-0.15, -0.1) is 10.2 Å². The van der Waals surface area contributed by atoms with Crippen LogP contribution in [-0.2, 0) is 12.3 Å². The van der Waals surface area contributed by atoms with Crippen molar-refractivity contribution in [3.05, 3.63) is 74.9 Å². The number of fused-ring (bicyclic) bond motifs is 3. The smallest absolute Gasteiger partial charge is 0.269 e. The molecule has 0 unspecified atom stereocenters. The maximum atomic E-state index is 13.1. The number of non-ortho nitro benzene ring substituents is 1. The van der Waals surface area contributed by atoms with E-state index in [1.807, 2.05) is 28.7 Å². The third-order valence-electron chi connectivity index (χ3n) is 5.59. The zero-order valence-electron chi connectivity index (χ0n) is 18.8. The van der Waals surface area contributed by atoms with Crippen LogP contribution in [0.2, 0.25) is 0 Å². The van der Waals surface area contributed by atoms with Crippen LogP contribution in [0.5, 0.6) is 0 Å². The largest absolute Gasteiger partial charge is 0.338 e. The van der Waals surface area contributed by atoms with Crippen molar-refractivity contribution in [1.29, 1.82) is 0 Å². The number of nitro groups is 1. The number of aryl methyl sites for hydroxylation is 1. The summed E-state index contributed by atoms with van der Waals surface area (Å²) in [6, 6.07) is 13.4. The first kappa shape index (κ1) is 22.7. The molecule has 3 aromatic heterocycles. The molecular formula is C23H21N7O4S. The molecule has 0 atom stereocenters. The Morgan fingerprint density at radius 1 is 1.09 bits per heavy atom. The molecule has 0 aliphatic rings. The molecule has 5 rings (SSSR count). The molecule has 11 nitrogen and oxygen atoms in total. The number of para-hydroxylation sites is 1. The Morgan fingerprint density at radius 2 is 1.89 bits per heavy atom. The summed E-state index contributed by atoms with van der Waals surface area (Å²) < 4.78 is 8.95. The second kappa shape index (κ2) is 9.66. The lowest BCUT2D eigenvalue weighted by Gasteiger charge is -2.10. The van der Waals surface area contributed by atoms with E-state index in [2.05, 4.69) is 27.3 Å². The Bertz CT molecular complexity index is 1570. The number of hydrogen-bond acceptors (Lipinski definition) is 9. The number of benzene rings is 2. The number of nitro benzene ring substituents is 1. The number of nitrogens with zero attached hydrogens (tertiary/aromatic N) is 7. The van der Waals surface area contributed by atoms with Gasteiger partial charge in [0.05, 0.1) is 21.6 Å². The summed E-state index contributed by atoms with van der Waals surface area (Å²) in [5.74, 6) is 1.56. The van der Waals surface area contributed by atoms with Gasteiger partial charge in [0.2, 0.25) is 17.5 Å². The van der Waals surface area contributed by atoms with Crippen molar-refractivity contribution in [2.75, 3.05) is 0 Å². The predicted octanol–water partition coefficient (Wildman–Crippen LogP) is 4.48. The Kier molecular flexibility index (Phi) is 6.27. The van der Waals surface area contributed by atoms with Crippen LogP contribution >= 0.6 is 11.8 Å². The van der Waals surface area contributed by atoms with E-state index >= 15 is 0 Å². The Balaban J connectivity index is 1.43. The van der Waals surface area contributed by atoms with Gasteiger partial charge in [-0.3, -0.25) is 23.9 Å². The second-order valence-corrected chi connectivity index (χ2v) is 8.85. The topological polar surface area (TPSA) is 134 Å². The molecule has 35 heavy (non-hydrogen) atoms. The molecule has 178 valence electrons. The van der Waals surface area contributed by atoms with Gasteiger partial charge in [-0.1, -0.05) is 48.8 Å². The van der Waals surface area contributed by atoms with Crippen molar-refractivity contribution in [1.82, 2.24) is 29.3 Å². The van der Waals surface area contributed by atoms with Gasteiger partial charge in [0, 0.05) is 24.2 Å². The predicted molar refractivity (Wildman–Crippen MR) is 130 cm³/mol. The van der Waals surface area contributed by atoms with Crippen LogP contribution in [0.3, 0.4) is 0 Å². The molecule has 12 heteroatoms. The lowest BCUT2D eigenvalue weighted by atomic mass is 10.2. The number of rotatable bonds is 9. The van der Waals surface area contributed by atoms with Crippen molar-refractivity contribution < 1.29 is 9.45 Å². The van der Waals surface area contributed by atoms with Gasteiger partial charge in [-0.2, -0.15) is 4.98 Å². The zero-order chi connectivity index (χ0) is 24.4. The average molecular weight is 492 g/mol. The summed E-state index contributed by atoms with van der Waals surface area (Å²) in [7, 11) is 0. The third kappa shape index (κ3) is 4.39. The normalized spacial score (nSPS) is 11.5. The van der Waals surface area contributed by atoms with Gasteiger partial charge in [0.15, 0.2) is 5.16 Å². The molecule has 0 radical (unpaired) electrons. The SMILES string of the molecule is CCCCCn1c(=O)c2ccccc2n2c(SCc3nc(-c4ccc([N+](=O)[O-])cc4)no3)nnc12. The van der Waals surface area contributed by atoms with Crippen LogP contribution in [0, 0.1) is 10.1 Å². The lowest BCUT2D eigenvalue weighted by molar-refractivity contribution is -0.384. The van der Waals surface area contributed by atoms with Crippen molar-refractivity contribution in [2.24, 2.45) is 0 Å². The molecular weight excluding hydrogens is 470 g/mol. The van der Waals surface area contributed by atoms with Crippen LogP contribution in [0.1, 0.15) is 32.1 Å². The van der Waals surface area contributed by atoms with Gasteiger partial charge in [-0.05, 0) is 30.7 Å². The molecule has 0 aliphatic carbocycles. The van der Waals surface area contributed by atoms with Crippen LogP contribution < -0.4 is 5.56 Å². The molecule has 0 saturated carbocycles. The van der Waals surface area contributed by atoms with E-state index in [0.717, 1.165) is 24.8 Å². The van der Waals surface area contributed by atoms with Gasteiger partial charge >= 0.3 is 0 Å². The van der Waals surface area contributed by atoms with Gasteiger partial charge in [-0.25, -0.2) is 0 Å². The van der Waals surface area contributed by atoms with Crippen molar-refractivity contribution in [3.63, 3.8) is 0 Å². The van der Waals surface area contributed by atoms with Crippen LogP contribution in [0.15, 0.2) is 63.0 Å². The molecule has 0 amide bonds. The minimum absolute atomic E-state index is 0.00731. The van der Waals surface area contributed by atoms with E-state index in [-0.39, 0.29) is 11.2 Å². The fourth-order valence-electron chi connectivity index (χ4n) is 3.84. The highest BCUT2D eigenvalue weighted by Crippen LogP contribution is 2.26. The molecule has 0 spiro atoms. The summed E-state index contributed by atoms with van der Waals surface area (Å²) in [5.41, 5.74) is 1.28. The molecule has 0 saturated heterocycles. The summed E-state index contributed by atoms with van der Waals surface area (Å²) >= 11 is 1.37. The fraction of sp³-hybridized carbons (Fsp3) is 0.261. The summed E-state index contributed by atoms with van der Waals surface area (Å²) in [4.78, 5) is 27.9. The number of hydrogen-bond donors (Lipinski definition) is 0. The van der Waals surface area contributed by atoms with Crippen LogP contribution in [0.4, 0.5) is 5.69 Å². The van der Waals surface area contributed by atoms with Crippen molar-refractivity contribution in [2.45, 2.75) is 43.6 Å². The molecule has 0 bridgehead atoms. The van der Waals surface area contributed by atoms with Gasteiger partial charge in [0.1, 0.15) is 0 Å². The summed E-state index contributed by atoms with van der Waals surface area (Å²) in [5, 5.41) is 24.7. The van der Waals surface area contributed by atoms with E-state index in [9.17, 15) is 14.9 Å². The molecule has 2 aromatic carbocycles. The van der Waals surface area contributed by atoms with E-state index in [1.165, 1.54) is 23.9 Å². The monoisotopic (exact) mass is 491 g/mol. The molecule has 3 heterocycles. The molecule has 0 aliphatic heterocycles. The second-order valence-electron chi connectivity index (χ2n) is 7.90. The van der Waals surface area contributed by atoms with Gasteiger partial charge < -0.3 is 4.52 Å². The minimum Gasteiger partial charge on any atom is -0.338 e. The Labute approximate surface area is 202 Å². The number of unbranched alkanes of at least 4 members (excludes halogenated alkanes) is 2. The Hall–Kier alpha value is -4.06. The first-order chi connectivity index (χ1) is 17.1. The van der Waals surface area contributed by atoms with E-state index < -0.39 is 4.92 Å². The minimum atomic E-state index is -0.460. The maximum Gasteiger partial charge on any atom is 0.269 e. The van der Waals surface area contributed by atoms with Crippen molar-refractivity contribution in [3.8, 4) is 11.4 Å². The summed E-state index contributed by atoms with van der Waals surface area (Å²) in [6.07, 6.45) is 2.96. The Morgan fingerprint density at radius 3 is 2.66 bits per heavy atom. The van der Waals surface area contributed by atoms with E-state index in [1.54, 1.807) is 16.7 Å². The van der Waals surface area contributed by atoms with E-state index in [0.29, 0.717) is 45.9 Å².